The molecule has 7 heteroatoms. The van der Waals surface area contributed by atoms with E-state index in [9.17, 15) is 4.39 Å². The molecule has 0 aliphatic rings. The monoisotopic (exact) mass is 355 g/mol. The topological polar surface area (TPSA) is 48.0 Å². The van der Waals surface area contributed by atoms with Gasteiger partial charge < -0.3 is 4.57 Å². The van der Waals surface area contributed by atoms with Crippen LogP contribution < -0.4 is 0 Å². The molecule has 0 bridgehead atoms. The highest BCUT2D eigenvalue weighted by Gasteiger charge is 2.16. The Bertz CT molecular complexity index is 1050. The lowest BCUT2D eigenvalue weighted by molar-refractivity contribution is 0.627. The highest BCUT2D eigenvalue weighted by molar-refractivity contribution is 6.29. The average Bonchev–Trinajstić information content (AvgIpc) is 3.19. The first-order valence-electron chi connectivity index (χ1n) is 7.96. The van der Waals surface area contributed by atoms with Gasteiger partial charge in [0.2, 0.25) is 0 Å². The van der Waals surface area contributed by atoms with E-state index < -0.39 is 0 Å². The number of benzene rings is 1. The van der Waals surface area contributed by atoms with Crippen LogP contribution in [0.15, 0.2) is 48.8 Å². The summed E-state index contributed by atoms with van der Waals surface area (Å²) in [6.07, 6.45) is 4.25. The van der Waals surface area contributed by atoms with Gasteiger partial charge in [-0.25, -0.2) is 18.9 Å². The molecule has 0 fully saturated rings. The van der Waals surface area contributed by atoms with Crippen LogP contribution in [0.5, 0.6) is 0 Å². The van der Waals surface area contributed by atoms with Crippen molar-refractivity contribution in [3.63, 3.8) is 0 Å². The van der Waals surface area contributed by atoms with Crippen molar-refractivity contribution in [1.29, 1.82) is 0 Å². The molecule has 0 saturated heterocycles. The molecular formula is C18H15ClFN5. The molecule has 0 aliphatic heterocycles. The van der Waals surface area contributed by atoms with Crippen molar-refractivity contribution >= 4 is 17.2 Å². The molecule has 0 N–H and O–H groups in total. The van der Waals surface area contributed by atoms with Crippen LogP contribution >= 0.6 is 11.6 Å². The molecule has 0 unspecified atom stereocenters. The standard InChI is InChI=1S/C18H15ClFN5/c1-2-15-14(22-17-8-7-16(19)23-25(15)17)11-24-10-9-21-18(24)12-5-3-4-6-13(12)20/h3-10H,2,11H2,1H3. The van der Waals surface area contributed by atoms with Crippen LogP contribution in [0.4, 0.5) is 4.39 Å². The van der Waals surface area contributed by atoms with Crippen LogP contribution in [0.3, 0.4) is 0 Å². The van der Waals surface area contributed by atoms with Gasteiger partial charge in [0.25, 0.3) is 0 Å². The van der Waals surface area contributed by atoms with Crippen LogP contribution in [0.2, 0.25) is 5.15 Å². The molecular weight excluding hydrogens is 341 g/mol. The van der Waals surface area contributed by atoms with Crippen molar-refractivity contribution in [2.75, 3.05) is 0 Å². The maximum atomic E-state index is 14.1. The summed E-state index contributed by atoms with van der Waals surface area (Å²) in [5.41, 5.74) is 3.05. The van der Waals surface area contributed by atoms with Crippen LogP contribution in [-0.4, -0.2) is 24.1 Å². The van der Waals surface area contributed by atoms with Crippen LogP contribution in [-0.2, 0) is 13.0 Å². The second-order valence-electron chi connectivity index (χ2n) is 5.64. The van der Waals surface area contributed by atoms with Gasteiger partial charge in [-0.05, 0) is 30.7 Å². The number of hydrogen-bond acceptors (Lipinski definition) is 3. The average molecular weight is 356 g/mol. The van der Waals surface area contributed by atoms with Gasteiger partial charge in [-0.3, -0.25) is 0 Å². The van der Waals surface area contributed by atoms with E-state index in [-0.39, 0.29) is 5.82 Å². The summed E-state index contributed by atoms with van der Waals surface area (Å²) in [4.78, 5) is 8.97. The summed E-state index contributed by atoms with van der Waals surface area (Å²) in [5.74, 6) is 0.275. The van der Waals surface area contributed by atoms with Gasteiger partial charge in [-0.2, -0.15) is 5.10 Å². The molecule has 25 heavy (non-hydrogen) atoms. The van der Waals surface area contributed by atoms with Crippen molar-refractivity contribution in [3.05, 3.63) is 71.2 Å². The number of halogens is 2. The minimum absolute atomic E-state index is 0.297. The molecule has 0 atom stereocenters. The summed E-state index contributed by atoms with van der Waals surface area (Å²) in [5, 5.41) is 4.74. The Hall–Kier alpha value is -2.73. The number of aromatic nitrogens is 5. The summed E-state index contributed by atoms with van der Waals surface area (Å²) >= 11 is 6.01. The number of hydrogen-bond donors (Lipinski definition) is 0. The normalized spacial score (nSPS) is 11.3. The molecule has 4 aromatic rings. The number of fused-ring (bicyclic) bond motifs is 1. The number of rotatable bonds is 4. The predicted molar refractivity (Wildman–Crippen MR) is 94.1 cm³/mol. The molecule has 0 amide bonds. The molecule has 0 radical (unpaired) electrons. The Morgan fingerprint density at radius 1 is 1.16 bits per heavy atom. The van der Waals surface area contributed by atoms with Crippen molar-refractivity contribution < 1.29 is 4.39 Å². The van der Waals surface area contributed by atoms with Crippen LogP contribution in [0, 0.1) is 5.82 Å². The third kappa shape index (κ3) is 2.78. The zero-order valence-electron chi connectivity index (χ0n) is 13.5. The fourth-order valence-electron chi connectivity index (χ4n) is 2.97. The Labute approximate surface area is 148 Å². The van der Waals surface area contributed by atoms with E-state index in [1.54, 1.807) is 35.0 Å². The lowest BCUT2D eigenvalue weighted by Crippen LogP contribution is -2.05. The van der Waals surface area contributed by atoms with E-state index in [1.165, 1.54) is 6.07 Å². The molecule has 4 rings (SSSR count). The van der Waals surface area contributed by atoms with E-state index >= 15 is 0 Å². The molecule has 0 spiro atoms. The Morgan fingerprint density at radius 3 is 2.80 bits per heavy atom. The van der Waals surface area contributed by atoms with Gasteiger partial charge in [0.05, 0.1) is 23.5 Å². The Kier molecular flexibility index (Phi) is 3.97. The van der Waals surface area contributed by atoms with Crippen molar-refractivity contribution in [1.82, 2.24) is 24.1 Å². The van der Waals surface area contributed by atoms with E-state index in [4.69, 9.17) is 11.6 Å². The van der Waals surface area contributed by atoms with Gasteiger partial charge >= 0.3 is 0 Å². The third-order valence-electron chi connectivity index (χ3n) is 4.11. The highest BCUT2D eigenvalue weighted by Crippen LogP contribution is 2.23. The zero-order valence-corrected chi connectivity index (χ0v) is 14.3. The smallest absolute Gasteiger partial charge is 0.154 e. The van der Waals surface area contributed by atoms with Crippen molar-refractivity contribution in [3.8, 4) is 11.4 Å². The SMILES string of the molecule is CCc1c(Cn2ccnc2-c2ccccc2F)nc2ccc(Cl)nn12. The summed E-state index contributed by atoms with van der Waals surface area (Å²) in [7, 11) is 0. The molecule has 5 nitrogen and oxygen atoms in total. The highest BCUT2D eigenvalue weighted by atomic mass is 35.5. The van der Waals surface area contributed by atoms with Gasteiger partial charge in [0.15, 0.2) is 5.65 Å². The fraction of sp³-hybridized carbons (Fsp3) is 0.167. The van der Waals surface area contributed by atoms with Gasteiger partial charge in [0.1, 0.15) is 16.8 Å². The lowest BCUT2D eigenvalue weighted by atomic mass is 10.2. The van der Waals surface area contributed by atoms with Crippen LogP contribution in [0.25, 0.3) is 17.0 Å². The lowest BCUT2D eigenvalue weighted by Gasteiger charge is -2.08. The first kappa shape index (κ1) is 15.8. The van der Waals surface area contributed by atoms with Gasteiger partial charge in [-0.1, -0.05) is 30.7 Å². The minimum atomic E-state index is -0.297. The zero-order chi connectivity index (χ0) is 17.4. The maximum absolute atomic E-state index is 14.1. The summed E-state index contributed by atoms with van der Waals surface area (Å²) < 4.78 is 17.8. The number of aryl methyl sites for hydroxylation is 1. The van der Waals surface area contributed by atoms with Crippen LogP contribution in [0.1, 0.15) is 18.3 Å². The van der Waals surface area contributed by atoms with Gasteiger partial charge in [-0.15, -0.1) is 0 Å². The second kappa shape index (κ2) is 6.29. The van der Waals surface area contributed by atoms with E-state index in [0.717, 1.165) is 23.5 Å². The molecule has 3 heterocycles. The number of imidazole rings is 2. The maximum Gasteiger partial charge on any atom is 0.154 e. The Balaban J connectivity index is 1.79. The largest absolute Gasteiger partial charge is 0.325 e. The molecule has 0 saturated carbocycles. The minimum Gasteiger partial charge on any atom is -0.325 e. The first-order valence-corrected chi connectivity index (χ1v) is 8.34. The molecule has 1 aromatic carbocycles. The van der Waals surface area contributed by atoms with E-state index in [0.29, 0.717) is 23.1 Å². The fourth-order valence-corrected chi connectivity index (χ4v) is 3.11. The summed E-state index contributed by atoms with van der Waals surface area (Å²) in [6, 6.07) is 10.2. The van der Waals surface area contributed by atoms with Crippen molar-refractivity contribution in [2.45, 2.75) is 19.9 Å². The molecule has 126 valence electrons. The number of nitrogens with zero attached hydrogens (tertiary/aromatic N) is 5. The molecule has 3 aromatic heterocycles. The quantitative estimate of drug-likeness (QED) is 0.556. The third-order valence-corrected chi connectivity index (χ3v) is 4.31. The van der Waals surface area contributed by atoms with Gasteiger partial charge in [0, 0.05) is 12.4 Å². The predicted octanol–water partition coefficient (Wildman–Crippen LogP) is 4.00. The van der Waals surface area contributed by atoms with E-state index in [2.05, 4.69) is 15.1 Å². The Morgan fingerprint density at radius 2 is 2.00 bits per heavy atom. The molecule has 0 aliphatic carbocycles. The van der Waals surface area contributed by atoms with Crippen molar-refractivity contribution in [2.24, 2.45) is 0 Å². The second-order valence-corrected chi connectivity index (χ2v) is 6.03. The first-order chi connectivity index (χ1) is 12.2. The summed E-state index contributed by atoms with van der Waals surface area (Å²) in [6.45, 7) is 2.52. The van der Waals surface area contributed by atoms with E-state index in [1.807, 2.05) is 23.8 Å².